The Labute approximate surface area is 153 Å². The van der Waals surface area contributed by atoms with Crippen LogP contribution in [0.2, 0.25) is 0 Å². The Balaban J connectivity index is 2.86. The Hall–Kier alpha value is -1.34. The number of anilines is 1. The van der Waals surface area contributed by atoms with E-state index in [1.807, 2.05) is 43.3 Å². The highest BCUT2D eigenvalue weighted by molar-refractivity contribution is 8.00. The normalized spacial score (nSPS) is 14.5. The highest BCUT2D eigenvalue weighted by atomic mass is 32.2. The van der Waals surface area contributed by atoms with Crippen LogP contribution in [0.5, 0.6) is 0 Å². The van der Waals surface area contributed by atoms with Crippen LogP contribution in [0.15, 0.2) is 24.3 Å². The van der Waals surface area contributed by atoms with Crippen molar-refractivity contribution in [1.82, 2.24) is 5.32 Å². The van der Waals surface area contributed by atoms with E-state index in [2.05, 4.69) is 17.9 Å². The molecule has 0 saturated carbocycles. The second kappa shape index (κ2) is 9.22. The fourth-order valence-corrected chi connectivity index (χ4v) is 3.27. The van der Waals surface area contributed by atoms with Gasteiger partial charge in [-0.3, -0.25) is 4.79 Å². The lowest BCUT2D eigenvalue weighted by atomic mass is 10.1. The minimum absolute atomic E-state index is 0.287. The maximum absolute atomic E-state index is 12.1. The van der Waals surface area contributed by atoms with Crippen LogP contribution in [0.3, 0.4) is 0 Å². The van der Waals surface area contributed by atoms with Gasteiger partial charge in [-0.15, -0.1) is 11.8 Å². The van der Waals surface area contributed by atoms with Gasteiger partial charge in [0.05, 0.1) is 0 Å². The van der Waals surface area contributed by atoms with Crippen LogP contribution in [-0.2, 0) is 15.3 Å². The van der Waals surface area contributed by atoms with Crippen molar-refractivity contribution in [3.05, 3.63) is 29.8 Å². The van der Waals surface area contributed by atoms with Crippen LogP contribution in [0.4, 0.5) is 5.69 Å². The number of benzene rings is 1. The number of hydrogen-bond donors (Lipinski definition) is 3. The van der Waals surface area contributed by atoms with Crippen LogP contribution < -0.4 is 10.2 Å². The highest BCUT2D eigenvalue weighted by Crippen LogP contribution is 2.31. The Morgan fingerprint density at radius 3 is 2.33 bits per heavy atom. The van der Waals surface area contributed by atoms with Crippen LogP contribution in [0, 0.1) is 5.92 Å². The number of thiol groups is 1. The molecule has 0 spiro atoms. The van der Waals surface area contributed by atoms with E-state index in [4.69, 9.17) is 0 Å². The van der Waals surface area contributed by atoms with Gasteiger partial charge in [-0.05, 0) is 24.1 Å². The maximum Gasteiger partial charge on any atom is 0.340 e. The molecule has 24 heavy (non-hydrogen) atoms. The van der Waals surface area contributed by atoms with Crippen molar-refractivity contribution in [1.29, 1.82) is 0 Å². The summed E-state index contributed by atoms with van der Waals surface area (Å²) in [4.78, 5) is 24.6. The number of carbonyl (C=O) groups excluding carboxylic acids is 1. The third-order valence-corrected chi connectivity index (χ3v) is 5.91. The van der Waals surface area contributed by atoms with E-state index < -0.39 is 10.8 Å². The van der Waals surface area contributed by atoms with E-state index in [0.29, 0.717) is 17.9 Å². The summed E-state index contributed by atoms with van der Waals surface area (Å²) in [5, 5.41) is 12.4. The number of carboxylic acid groups (broad SMARTS) is 1. The molecule has 0 saturated heterocycles. The third-order valence-electron chi connectivity index (χ3n) is 3.83. The zero-order valence-corrected chi connectivity index (χ0v) is 16.3. The monoisotopic (exact) mass is 370 g/mol. The summed E-state index contributed by atoms with van der Waals surface area (Å²) < 4.78 is 0. The van der Waals surface area contributed by atoms with E-state index in [1.54, 1.807) is 13.8 Å². The summed E-state index contributed by atoms with van der Waals surface area (Å²) in [7, 11) is 3.93. The molecule has 5 nitrogen and oxygen atoms in total. The molecule has 0 aromatic heterocycles. The van der Waals surface area contributed by atoms with Crippen molar-refractivity contribution in [2.45, 2.75) is 30.9 Å². The number of nitrogens with zero attached hydrogens (tertiary/aromatic N) is 1. The van der Waals surface area contributed by atoms with Gasteiger partial charge in [-0.1, -0.05) is 26.0 Å². The van der Waals surface area contributed by atoms with Crippen molar-refractivity contribution in [2.75, 3.05) is 24.7 Å². The minimum Gasteiger partial charge on any atom is -0.479 e. The molecule has 1 amide bonds. The number of hydrogen-bond acceptors (Lipinski definition) is 5. The van der Waals surface area contributed by atoms with Gasteiger partial charge in [0, 0.05) is 37.2 Å². The second-order valence-electron chi connectivity index (χ2n) is 5.91. The van der Waals surface area contributed by atoms with Crippen molar-refractivity contribution in [3.8, 4) is 0 Å². The molecular weight excluding hydrogens is 344 g/mol. The van der Waals surface area contributed by atoms with Gasteiger partial charge < -0.3 is 15.3 Å². The number of rotatable bonds is 9. The lowest BCUT2D eigenvalue weighted by molar-refractivity contribution is -0.143. The lowest BCUT2D eigenvalue weighted by Gasteiger charge is -2.30. The summed E-state index contributed by atoms with van der Waals surface area (Å²) in [6.07, 6.45) is 0.299. The fraction of sp³-hybridized carbons (Fsp3) is 0.529. The first-order valence-corrected chi connectivity index (χ1v) is 9.44. The Morgan fingerprint density at radius 2 is 1.92 bits per heavy atom. The molecule has 1 aromatic carbocycles. The van der Waals surface area contributed by atoms with Gasteiger partial charge in [0.1, 0.15) is 0 Å². The maximum atomic E-state index is 12.1. The second-order valence-corrected chi connectivity index (χ2v) is 7.55. The van der Waals surface area contributed by atoms with Crippen LogP contribution >= 0.6 is 24.4 Å². The quantitative estimate of drug-likeness (QED) is 0.461. The standard InChI is InChI=1S/C17H26N2O3S2/c1-5-17(16(21)22,18-15(20)12(2)10-23)24-11-13-6-8-14(9-7-13)19(3)4/h6-9,12,23H,5,10-11H2,1-4H3,(H,18,20)(H,21,22)/t12?,17-/m0/s1. The van der Waals surface area contributed by atoms with Crippen LogP contribution in [-0.4, -0.2) is 41.7 Å². The molecule has 1 unspecified atom stereocenters. The van der Waals surface area contributed by atoms with Gasteiger partial charge in [0.15, 0.2) is 4.87 Å². The van der Waals surface area contributed by atoms with E-state index >= 15 is 0 Å². The van der Waals surface area contributed by atoms with Gasteiger partial charge in [-0.25, -0.2) is 4.79 Å². The molecule has 1 aromatic rings. The molecule has 2 atom stereocenters. The molecule has 0 aliphatic carbocycles. The molecule has 0 aliphatic rings. The number of aliphatic carboxylic acids is 1. The first-order chi connectivity index (χ1) is 11.3. The molecule has 134 valence electrons. The molecule has 1 rings (SSSR count). The number of carboxylic acids is 1. The summed E-state index contributed by atoms with van der Waals surface area (Å²) >= 11 is 5.33. The number of amides is 1. The minimum atomic E-state index is -1.32. The van der Waals surface area contributed by atoms with Gasteiger partial charge in [-0.2, -0.15) is 12.6 Å². The smallest absolute Gasteiger partial charge is 0.340 e. The fourth-order valence-electron chi connectivity index (χ4n) is 1.99. The molecule has 0 fully saturated rings. The summed E-state index contributed by atoms with van der Waals surface area (Å²) in [6, 6.07) is 7.93. The SMILES string of the molecule is CC[C@](NC(=O)C(C)CS)(SCc1ccc(N(C)C)cc1)C(=O)O. The predicted molar refractivity (Wildman–Crippen MR) is 104 cm³/mol. The summed E-state index contributed by atoms with van der Waals surface area (Å²) in [5.41, 5.74) is 2.10. The summed E-state index contributed by atoms with van der Waals surface area (Å²) in [5.74, 6) is -0.770. The molecule has 0 heterocycles. The molecule has 0 aliphatic heterocycles. The van der Waals surface area contributed by atoms with Crippen molar-refractivity contribution in [3.63, 3.8) is 0 Å². The molecule has 0 radical (unpaired) electrons. The zero-order chi connectivity index (χ0) is 18.3. The predicted octanol–water partition coefficient (Wildman–Crippen LogP) is 2.86. The van der Waals surface area contributed by atoms with Gasteiger partial charge in [0.25, 0.3) is 0 Å². The van der Waals surface area contributed by atoms with Crippen molar-refractivity contribution < 1.29 is 14.7 Å². The van der Waals surface area contributed by atoms with E-state index in [1.165, 1.54) is 11.8 Å². The number of carbonyl (C=O) groups is 2. The molecule has 2 N–H and O–H groups in total. The lowest BCUT2D eigenvalue weighted by Crippen LogP contribution is -2.53. The number of nitrogens with one attached hydrogen (secondary N) is 1. The average Bonchev–Trinajstić information content (AvgIpc) is 2.57. The topological polar surface area (TPSA) is 69.6 Å². The number of thioether (sulfide) groups is 1. The van der Waals surface area contributed by atoms with E-state index in [0.717, 1.165) is 11.3 Å². The van der Waals surface area contributed by atoms with E-state index in [9.17, 15) is 14.7 Å². The Kier molecular flexibility index (Phi) is 7.96. The van der Waals surface area contributed by atoms with Gasteiger partial charge >= 0.3 is 5.97 Å². The van der Waals surface area contributed by atoms with E-state index in [-0.39, 0.29) is 11.8 Å². The van der Waals surface area contributed by atoms with Crippen molar-refractivity contribution >= 4 is 42.0 Å². The molecule has 7 heteroatoms. The third kappa shape index (κ3) is 5.34. The highest BCUT2D eigenvalue weighted by Gasteiger charge is 2.39. The summed E-state index contributed by atoms with van der Waals surface area (Å²) in [6.45, 7) is 3.50. The molecule has 0 bridgehead atoms. The van der Waals surface area contributed by atoms with Crippen LogP contribution in [0.25, 0.3) is 0 Å². The van der Waals surface area contributed by atoms with Crippen LogP contribution in [0.1, 0.15) is 25.8 Å². The zero-order valence-electron chi connectivity index (χ0n) is 14.6. The Bertz CT molecular complexity index is 563. The average molecular weight is 371 g/mol. The molecular formula is C17H26N2O3S2. The first kappa shape index (κ1) is 20.7. The van der Waals surface area contributed by atoms with Crippen molar-refractivity contribution in [2.24, 2.45) is 5.92 Å². The largest absolute Gasteiger partial charge is 0.479 e. The Morgan fingerprint density at radius 1 is 1.33 bits per heavy atom. The first-order valence-electron chi connectivity index (χ1n) is 7.82. The van der Waals surface area contributed by atoms with Gasteiger partial charge in [0.2, 0.25) is 5.91 Å².